The van der Waals surface area contributed by atoms with Crippen LogP contribution >= 0.6 is 0 Å². The van der Waals surface area contributed by atoms with Gasteiger partial charge in [0.05, 0.1) is 43.2 Å². The topological polar surface area (TPSA) is 102 Å². The van der Waals surface area contributed by atoms with Gasteiger partial charge in [0.2, 0.25) is 11.8 Å². The first kappa shape index (κ1) is 19.5. The van der Waals surface area contributed by atoms with Crippen LogP contribution in [0.1, 0.15) is 12.8 Å². The quantitative estimate of drug-likeness (QED) is 0.767. The molecule has 1 heterocycles. The zero-order valence-corrected chi connectivity index (χ0v) is 16.4. The summed E-state index contributed by atoms with van der Waals surface area (Å²) in [6.45, 7) is 0. The molecular formula is C18H24N2O6S. The molecule has 148 valence electrons. The molecule has 2 aliphatic rings. The number of anilines is 1. The third-order valence-corrected chi connectivity index (χ3v) is 6.97. The lowest BCUT2D eigenvalue weighted by Gasteiger charge is -2.23. The Labute approximate surface area is 158 Å². The summed E-state index contributed by atoms with van der Waals surface area (Å²) < 4.78 is 33.6. The maximum absolute atomic E-state index is 12.6. The molecule has 1 aromatic carbocycles. The molecule has 3 unspecified atom stereocenters. The average Bonchev–Trinajstić information content (AvgIpc) is 3.37. The maximum Gasteiger partial charge on any atom is 0.228 e. The van der Waals surface area contributed by atoms with Crippen LogP contribution in [0.5, 0.6) is 11.5 Å². The van der Waals surface area contributed by atoms with Crippen molar-refractivity contribution in [2.24, 2.45) is 11.8 Å². The number of rotatable bonds is 6. The number of amides is 2. The normalized spacial score (nSPS) is 25.5. The predicted molar refractivity (Wildman–Crippen MR) is 99.6 cm³/mol. The van der Waals surface area contributed by atoms with Gasteiger partial charge in [0, 0.05) is 19.2 Å². The van der Waals surface area contributed by atoms with Crippen molar-refractivity contribution in [3.05, 3.63) is 18.2 Å². The molecule has 3 atom stereocenters. The minimum atomic E-state index is -3.06. The first-order chi connectivity index (χ1) is 12.8. The molecule has 2 amide bonds. The SMILES string of the molecule is COc1ccc(NC(=O)C2CC2C(=O)N(C)C2CCS(=O)(=O)C2)c(OC)c1. The van der Waals surface area contributed by atoms with Gasteiger partial charge in [-0.2, -0.15) is 0 Å². The molecule has 0 spiro atoms. The van der Waals surface area contributed by atoms with Crippen LogP contribution in [0.3, 0.4) is 0 Å². The van der Waals surface area contributed by atoms with Crippen LogP contribution in [-0.4, -0.2) is 63.9 Å². The van der Waals surface area contributed by atoms with E-state index in [1.54, 1.807) is 32.4 Å². The van der Waals surface area contributed by atoms with E-state index in [1.165, 1.54) is 12.0 Å². The van der Waals surface area contributed by atoms with Crippen molar-refractivity contribution in [2.75, 3.05) is 38.1 Å². The zero-order chi connectivity index (χ0) is 19.8. The number of carbonyl (C=O) groups is 2. The van der Waals surface area contributed by atoms with Gasteiger partial charge in [-0.3, -0.25) is 9.59 Å². The largest absolute Gasteiger partial charge is 0.497 e. The fourth-order valence-corrected chi connectivity index (χ4v) is 5.18. The second-order valence-electron chi connectivity index (χ2n) is 7.01. The van der Waals surface area contributed by atoms with Gasteiger partial charge >= 0.3 is 0 Å². The molecule has 9 heteroatoms. The van der Waals surface area contributed by atoms with Crippen molar-refractivity contribution in [1.29, 1.82) is 0 Å². The number of benzene rings is 1. The number of ether oxygens (including phenoxy) is 2. The zero-order valence-electron chi connectivity index (χ0n) is 15.6. The summed E-state index contributed by atoms with van der Waals surface area (Å²) in [5.41, 5.74) is 0.511. The van der Waals surface area contributed by atoms with Crippen molar-refractivity contribution >= 4 is 27.3 Å². The number of nitrogens with zero attached hydrogens (tertiary/aromatic N) is 1. The fourth-order valence-electron chi connectivity index (χ4n) is 3.41. The fraction of sp³-hybridized carbons (Fsp3) is 0.556. The molecule has 27 heavy (non-hydrogen) atoms. The smallest absolute Gasteiger partial charge is 0.228 e. The highest BCUT2D eigenvalue weighted by Gasteiger charge is 2.50. The van der Waals surface area contributed by atoms with Crippen LogP contribution < -0.4 is 14.8 Å². The minimum absolute atomic E-state index is 0.00186. The lowest BCUT2D eigenvalue weighted by Crippen LogP contribution is -2.39. The molecule has 1 aliphatic heterocycles. The van der Waals surface area contributed by atoms with E-state index in [1.807, 2.05) is 0 Å². The monoisotopic (exact) mass is 396 g/mol. The summed E-state index contributed by atoms with van der Waals surface area (Å²) in [7, 11) is 1.60. The lowest BCUT2D eigenvalue weighted by molar-refractivity contribution is -0.134. The molecule has 1 saturated heterocycles. The first-order valence-electron chi connectivity index (χ1n) is 8.75. The third-order valence-electron chi connectivity index (χ3n) is 5.21. The number of hydrogen-bond acceptors (Lipinski definition) is 6. The number of sulfone groups is 1. The van der Waals surface area contributed by atoms with Crippen molar-refractivity contribution in [2.45, 2.75) is 18.9 Å². The highest BCUT2D eigenvalue weighted by atomic mass is 32.2. The van der Waals surface area contributed by atoms with Crippen LogP contribution in [0, 0.1) is 11.8 Å². The summed E-state index contributed by atoms with van der Waals surface area (Å²) in [6, 6.07) is 4.76. The molecule has 1 aliphatic carbocycles. The Morgan fingerprint density at radius 2 is 1.93 bits per heavy atom. The molecule has 0 radical (unpaired) electrons. The average molecular weight is 396 g/mol. The molecular weight excluding hydrogens is 372 g/mol. The van der Waals surface area contributed by atoms with E-state index in [0.717, 1.165) is 0 Å². The Bertz CT molecular complexity index is 853. The Kier molecular flexibility index (Phi) is 5.32. The highest BCUT2D eigenvalue weighted by molar-refractivity contribution is 7.91. The van der Waals surface area contributed by atoms with Crippen molar-refractivity contribution in [3.63, 3.8) is 0 Å². The van der Waals surface area contributed by atoms with E-state index in [-0.39, 0.29) is 29.4 Å². The van der Waals surface area contributed by atoms with Gasteiger partial charge in [0.25, 0.3) is 0 Å². The van der Waals surface area contributed by atoms with Gasteiger partial charge in [-0.25, -0.2) is 8.42 Å². The van der Waals surface area contributed by atoms with Gasteiger partial charge in [0.15, 0.2) is 9.84 Å². The summed E-state index contributed by atoms with van der Waals surface area (Å²) >= 11 is 0. The second kappa shape index (κ2) is 7.38. The van der Waals surface area contributed by atoms with E-state index in [0.29, 0.717) is 30.0 Å². The van der Waals surface area contributed by atoms with Crippen molar-refractivity contribution in [3.8, 4) is 11.5 Å². The molecule has 0 bridgehead atoms. The summed E-state index contributed by atoms with van der Waals surface area (Å²) in [5, 5.41) is 2.79. The molecule has 2 fully saturated rings. The van der Waals surface area contributed by atoms with Crippen LogP contribution in [0.15, 0.2) is 18.2 Å². The van der Waals surface area contributed by atoms with Crippen LogP contribution in [0.2, 0.25) is 0 Å². The van der Waals surface area contributed by atoms with E-state index in [2.05, 4.69) is 5.32 Å². The van der Waals surface area contributed by atoms with E-state index < -0.39 is 21.7 Å². The van der Waals surface area contributed by atoms with Gasteiger partial charge in [0.1, 0.15) is 11.5 Å². The maximum atomic E-state index is 12.6. The minimum Gasteiger partial charge on any atom is -0.497 e. The molecule has 1 aromatic rings. The Balaban J connectivity index is 1.60. The van der Waals surface area contributed by atoms with Gasteiger partial charge in [-0.15, -0.1) is 0 Å². The highest BCUT2D eigenvalue weighted by Crippen LogP contribution is 2.42. The lowest BCUT2D eigenvalue weighted by atomic mass is 10.2. The van der Waals surface area contributed by atoms with Crippen LogP contribution in [0.4, 0.5) is 5.69 Å². The van der Waals surface area contributed by atoms with Crippen LogP contribution in [-0.2, 0) is 19.4 Å². The van der Waals surface area contributed by atoms with Gasteiger partial charge in [-0.1, -0.05) is 0 Å². The van der Waals surface area contributed by atoms with Crippen molar-refractivity contribution < 1.29 is 27.5 Å². The Hall–Kier alpha value is -2.29. The van der Waals surface area contributed by atoms with Gasteiger partial charge in [-0.05, 0) is 25.0 Å². The Morgan fingerprint density at radius 1 is 1.19 bits per heavy atom. The summed E-state index contributed by atoms with van der Waals surface area (Å²) in [5.74, 6) is -0.0317. The first-order valence-corrected chi connectivity index (χ1v) is 10.6. The van der Waals surface area contributed by atoms with Gasteiger partial charge < -0.3 is 19.7 Å². The predicted octanol–water partition coefficient (Wildman–Crippen LogP) is 0.924. The summed E-state index contributed by atoms with van der Waals surface area (Å²) in [4.78, 5) is 26.6. The number of methoxy groups -OCH3 is 2. The van der Waals surface area contributed by atoms with Crippen molar-refractivity contribution in [1.82, 2.24) is 4.90 Å². The van der Waals surface area contributed by atoms with E-state index in [9.17, 15) is 18.0 Å². The molecule has 1 N–H and O–H groups in total. The molecule has 0 aromatic heterocycles. The third kappa shape index (κ3) is 4.18. The van der Waals surface area contributed by atoms with Crippen LogP contribution in [0.25, 0.3) is 0 Å². The summed E-state index contributed by atoms with van der Waals surface area (Å²) in [6.07, 6.45) is 0.921. The number of nitrogens with one attached hydrogen (secondary N) is 1. The number of carbonyl (C=O) groups excluding carboxylic acids is 2. The van der Waals surface area contributed by atoms with E-state index >= 15 is 0 Å². The molecule has 8 nitrogen and oxygen atoms in total. The van der Waals surface area contributed by atoms with E-state index in [4.69, 9.17) is 9.47 Å². The standard InChI is InChI=1S/C18H24N2O6S/c1-20(11-6-7-27(23,24)10-11)18(22)14-9-13(14)17(21)19-15-5-4-12(25-2)8-16(15)26-3/h4-5,8,11,13-14H,6-7,9-10H2,1-3H3,(H,19,21). The number of hydrogen-bond donors (Lipinski definition) is 1. The Morgan fingerprint density at radius 3 is 2.52 bits per heavy atom. The second-order valence-corrected chi connectivity index (χ2v) is 9.24. The molecule has 3 rings (SSSR count). The molecule has 1 saturated carbocycles.